The minimum absolute atomic E-state index is 0.368. The van der Waals surface area contributed by atoms with Crippen LogP contribution in [0.4, 0.5) is 0 Å². The molecule has 2 aromatic carbocycles. The first-order valence-electron chi connectivity index (χ1n) is 8.43. The summed E-state index contributed by atoms with van der Waals surface area (Å²) in [5, 5.41) is 0.760. The molecule has 4 nitrogen and oxygen atoms in total. The van der Waals surface area contributed by atoms with Crippen LogP contribution in [-0.2, 0) is 9.47 Å². The number of benzene rings is 2. The number of methoxy groups -OCH3 is 2. The first-order valence-corrected chi connectivity index (χ1v) is 13.5. The monoisotopic (exact) mass is 514 g/mol. The van der Waals surface area contributed by atoms with Crippen molar-refractivity contribution in [2.45, 2.75) is 19.6 Å². The van der Waals surface area contributed by atoms with Gasteiger partial charge in [-0.15, -0.1) is 5.54 Å². The van der Waals surface area contributed by atoms with Gasteiger partial charge in [-0.2, -0.15) is 0 Å². The van der Waals surface area contributed by atoms with Crippen LogP contribution in [0.1, 0.15) is 26.3 Å². The zero-order valence-electron chi connectivity index (χ0n) is 16.7. The Labute approximate surface area is 190 Å². The molecule has 0 aliphatic heterocycles. The molecule has 0 radical (unpaired) electrons. The quantitative estimate of drug-likeness (QED) is 0.269. The van der Waals surface area contributed by atoms with E-state index >= 15 is 0 Å². The third-order valence-corrected chi connectivity index (χ3v) is 5.29. The predicted octanol–water partition coefficient (Wildman–Crippen LogP) is 6.24. The number of rotatable bonds is 2. The van der Waals surface area contributed by atoms with Gasteiger partial charge in [-0.25, -0.2) is 9.59 Å². The molecule has 0 saturated carbocycles. The van der Waals surface area contributed by atoms with Gasteiger partial charge in [-0.05, 0) is 36.4 Å². The van der Waals surface area contributed by atoms with Crippen molar-refractivity contribution in [3.8, 4) is 11.5 Å². The fraction of sp³-hybridized carbons (Fsp3) is 0.238. The SMILES string of the molecule is COC(=O)c1ccc(Br)cc1Cl.COC(=O)c1ccc(C#C[Si](C)(C)C)cc1Cl. The van der Waals surface area contributed by atoms with Crippen LogP contribution in [0.5, 0.6) is 0 Å². The summed E-state index contributed by atoms with van der Waals surface area (Å²) in [5.74, 6) is 2.23. The van der Waals surface area contributed by atoms with Crippen LogP contribution in [0.15, 0.2) is 40.9 Å². The van der Waals surface area contributed by atoms with Crippen LogP contribution in [0.2, 0.25) is 29.7 Å². The Morgan fingerprint density at radius 2 is 1.38 bits per heavy atom. The molecule has 0 atom stereocenters. The van der Waals surface area contributed by atoms with Crippen molar-refractivity contribution < 1.29 is 19.1 Å². The molecule has 0 bridgehead atoms. The fourth-order valence-electron chi connectivity index (χ4n) is 1.89. The van der Waals surface area contributed by atoms with Crippen molar-refractivity contribution in [1.82, 2.24) is 0 Å². The maximum atomic E-state index is 11.3. The Bertz CT molecular complexity index is 959. The summed E-state index contributed by atoms with van der Waals surface area (Å²) < 4.78 is 9.97. The van der Waals surface area contributed by atoms with Crippen molar-refractivity contribution in [3.05, 3.63) is 67.6 Å². The van der Waals surface area contributed by atoms with E-state index in [2.05, 4.69) is 56.5 Å². The lowest BCUT2D eigenvalue weighted by Crippen LogP contribution is -2.16. The molecule has 0 saturated heterocycles. The molecule has 0 aliphatic carbocycles. The van der Waals surface area contributed by atoms with Gasteiger partial charge in [0, 0.05) is 10.0 Å². The standard InChI is InChI=1S/C13H15ClO2Si.C8H6BrClO2/c1-16-13(15)11-6-5-10(9-12(11)14)7-8-17(2,3)4;1-12-8(11)6-3-2-5(9)4-7(6)10/h5-6,9H,1-4H3;2-4H,1H3. The largest absolute Gasteiger partial charge is 0.465 e. The van der Waals surface area contributed by atoms with E-state index in [1.807, 2.05) is 0 Å². The summed E-state index contributed by atoms with van der Waals surface area (Å²) in [4.78, 5) is 22.4. The van der Waals surface area contributed by atoms with Crippen LogP contribution in [0.25, 0.3) is 0 Å². The molecule has 0 aliphatic rings. The number of esters is 2. The maximum Gasteiger partial charge on any atom is 0.339 e. The average molecular weight is 516 g/mol. The summed E-state index contributed by atoms with van der Waals surface area (Å²) in [6.07, 6.45) is 0. The number of halogens is 3. The number of carbonyl (C=O) groups excluding carboxylic acids is 2. The first kappa shape index (κ1) is 25.3. The molecule has 0 heterocycles. The van der Waals surface area contributed by atoms with Gasteiger partial charge < -0.3 is 9.47 Å². The summed E-state index contributed by atoms with van der Waals surface area (Å²) >= 11 is 15.0. The van der Waals surface area contributed by atoms with E-state index in [-0.39, 0.29) is 0 Å². The van der Waals surface area contributed by atoms with Crippen molar-refractivity contribution >= 4 is 59.1 Å². The maximum absolute atomic E-state index is 11.3. The minimum Gasteiger partial charge on any atom is -0.465 e. The minimum atomic E-state index is -1.40. The van der Waals surface area contributed by atoms with E-state index in [1.165, 1.54) is 14.2 Å². The van der Waals surface area contributed by atoms with Crippen LogP contribution < -0.4 is 0 Å². The van der Waals surface area contributed by atoms with Crippen molar-refractivity contribution in [3.63, 3.8) is 0 Å². The highest BCUT2D eigenvalue weighted by Gasteiger charge is 2.11. The Balaban J connectivity index is 0.000000308. The van der Waals surface area contributed by atoms with E-state index in [4.69, 9.17) is 23.2 Å². The molecule has 8 heteroatoms. The summed E-state index contributed by atoms with van der Waals surface area (Å²) in [7, 11) is 1.26. The van der Waals surface area contributed by atoms with E-state index in [9.17, 15) is 9.59 Å². The Hall–Kier alpha value is -1.78. The van der Waals surface area contributed by atoms with Crippen LogP contribution in [0, 0.1) is 11.5 Å². The molecular weight excluding hydrogens is 495 g/mol. The highest BCUT2D eigenvalue weighted by atomic mass is 79.9. The lowest BCUT2D eigenvalue weighted by molar-refractivity contribution is 0.0592. The van der Waals surface area contributed by atoms with Gasteiger partial charge in [-0.1, -0.05) is 64.7 Å². The molecule has 2 rings (SSSR count). The van der Waals surface area contributed by atoms with Gasteiger partial charge in [0.05, 0.1) is 35.4 Å². The second-order valence-electron chi connectivity index (χ2n) is 6.80. The second-order valence-corrected chi connectivity index (χ2v) is 13.3. The molecule has 2 aromatic rings. The Morgan fingerprint density at radius 1 is 0.897 bits per heavy atom. The van der Waals surface area contributed by atoms with E-state index < -0.39 is 20.0 Å². The fourth-order valence-corrected chi connectivity index (χ4v) is 3.42. The van der Waals surface area contributed by atoms with Gasteiger partial charge in [-0.3, -0.25) is 0 Å². The normalized spacial score (nSPS) is 10.1. The van der Waals surface area contributed by atoms with Gasteiger partial charge in [0.15, 0.2) is 0 Å². The zero-order chi connectivity index (χ0) is 22.2. The first-order chi connectivity index (χ1) is 13.5. The van der Waals surface area contributed by atoms with E-state index in [0.717, 1.165) is 10.0 Å². The number of hydrogen-bond acceptors (Lipinski definition) is 4. The van der Waals surface area contributed by atoms with Crippen molar-refractivity contribution in [2.75, 3.05) is 14.2 Å². The molecular formula is C21H21BrCl2O4Si. The van der Waals surface area contributed by atoms with Crippen LogP contribution in [0.3, 0.4) is 0 Å². The summed E-state index contributed by atoms with van der Waals surface area (Å²) in [6, 6.07) is 10.1. The lowest BCUT2D eigenvalue weighted by Gasteiger charge is -2.04. The summed E-state index contributed by atoms with van der Waals surface area (Å²) in [6.45, 7) is 6.51. The number of carbonyl (C=O) groups is 2. The third kappa shape index (κ3) is 8.63. The Morgan fingerprint density at radius 3 is 1.79 bits per heavy atom. The van der Waals surface area contributed by atoms with Gasteiger partial charge in [0.1, 0.15) is 8.07 Å². The average Bonchev–Trinajstić information content (AvgIpc) is 2.65. The van der Waals surface area contributed by atoms with E-state index in [1.54, 1.807) is 36.4 Å². The third-order valence-electron chi connectivity index (χ3n) is 3.29. The highest BCUT2D eigenvalue weighted by molar-refractivity contribution is 9.10. The molecule has 0 amide bonds. The van der Waals surface area contributed by atoms with Crippen LogP contribution in [-0.4, -0.2) is 34.2 Å². The molecule has 154 valence electrons. The van der Waals surface area contributed by atoms with E-state index in [0.29, 0.717) is 21.2 Å². The Kier molecular flexibility index (Phi) is 9.94. The second kappa shape index (κ2) is 11.4. The highest BCUT2D eigenvalue weighted by Crippen LogP contribution is 2.21. The van der Waals surface area contributed by atoms with Gasteiger partial charge >= 0.3 is 11.9 Å². The number of ether oxygens (including phenoxy) is 2. The molecule has 0 spiro atoms. The van der Waals surface area contributed by atoms with Crippen LogP contribution >= 0.6 is 39.1 Å². The zero-order valence-corrected chi connectivity index (χ0v) is 20.8. The topological polar surface area (TPSA) is 52.6 Å². The summed E-state index contributed by atoms with van der Waals surface area (Å²) in [5.41, 5.74) is 4.81. The van der Waals surface area contributed by atoms with Gasteiger partial charge in [0.25, 0.3) is 0 Å². The molecule has 0 fully saturated rings. The van der Waals surface area contributed by atoms with Crippen molar-refractivity contribution in [2.24, 2.45) is 0 Å². The van der Waals surface area contributed by atoms with Gasteiger partial charge in [0.2, 0.25) is 0 Å². The van der Waals surface area contributed by atoms with Crippen molar-refractivity contribution in [1.29, 1.82) is 0 Å². The predicted molar refractivity (Wildman–Crippen MR) is 124 cm³/mol. The smallest absolute Gasteiger partial charge is 0.339 e. The molecule has 0 unspecified atom stereocenters. The molecule has 29 heavy (non-hydrogen) atoms. The molecule has 0 aromatic heterocycles. The number of hydrogen-bond donors (Lipinski definition) is 0. The molecule has 0 N–H and O–H groups in total. The lowest BCUT2D eigenvalue weighted by atomic mass is 10.1.